The van der Waals surface area contributed by atoms with E-state index in [1.807, 2.05) is 35.2 Å². The molecule has 1 aromatic carbocycles. The van der Waals surface area contributed by atoms with Gasteiger partial charge in [-0.15, -0.1) is 0 Å². The Bertz CT molecular complexity index is 1050. The van der Waals surface area contributed by atoms with Crippen LogP contribution in [0.2, 0.25) is 0 Å². The van der Waals surface area contributed by atoms with Crippen molar-refractivity contribution in [3.05, 3.63) is 42.1 Å². The number of nitrogens with zero attached hydrogens (tertiary/aromatic N) is 2. The van der Waals surface area contributed by atoms with E-state index in [0.717, 1.165) is 16.5 Å². The zero-order chi connectivity index (χ0) is 27.5. The van der Waals surface area contributed by atoms with Crippen LogP contribution in [0.1, 0.15) is 5.56 Å². The number of nitrogens with one attached hydrogen (secondary N) is 2. The van der Waals surface area contributed by atoms with E-state index in [4.69, 9.17) is 19.8 Å². The van der Waals surface area contributed by atoms with Crippen molar-refractivity contribution in [2.45, 2.75) is 18.9 Å². The molecule has 0 spiro atoms. The van der Waals surface area contributed by atoms with Gasteiger partial charge in [0.15, 0.2) is 0 Å². The fourth-order valence-electron chi connectivity index (χ4n) is 2.52. The number of halogens is 6. The summed E-state index contributed by atoms with van der Waals surface area (Å²) >= 11 is 0. The van der Waals surface area contributed by atoms with Crippen LogP contribution >= 0.6 is 0 Å². The lowest BCUT2D eigenvalue weighted by molar-refractivity contribution is -0.193. The molecule has 1 aliphatic heterocycles. The number of benzene rings is 1. The van der Waals surface area contributed by atoms with Gasteiger partial charge in [0.1, 0.15) is 0 Å². The van der Waals surface area contributed by atoms with Crippen molar-refractivity contribution < 1.29 is 55.7 Å². The molecule has 4 N–H and O–H groups in total. The van der Waals surface area contributed by atoms with Crippen LogP contribution in [-0.4, -0.2) is 82.4 Å². The first-order chi connectivity index (χ1) is 16.6. The van der Waals surface area contributed by atoms with E-state index in [2.05, 4.69) is 15.6 Å². The topological polar surface area (TPSA) is 149 Å². The number of alkyl halides is 6. The van der Waals surface area contributed by atoms with E-state index in [1.54, 1.807) is 6.20 Å². The smallest absolute Gasteiger partial charge is 0.475 e. The van der Waals surface area contributed by atoms with E-state index < -0.39 is 24.3 Å². The molecule has 36 heavy (non-hydrogen) atoms. The minimum absolute atomic E-state index is 0.0268. The van der Waals surface area contributed by atoms with Crippen LogP contribution in [0.4, 0.5) is 26.3 Å². The van der Waals surface area contributed by atoms with Crippen molar-refractivity contribution in [1.82, 2.24) is 20.5 Å². The zero-order valence-corrected chi connectivity index (χ0v) is 18.2. The number of carbonyl (C=O) groups excluding carboxylic acids is 2. The Labute approximate surface area is 198 Å². The molecule has 1 saturated heterocycles. The number of carboxylic acids is 2. The van der Waals surface area contributed by atoms with Gasteiger partial charge in [-0.3, -0.25) is 19.5 Å². The average Bonchev–Trinajstić information content (AvgIpc) is 2.77. The predicted molar refractivity (Wildman–Crippen MR) is 110 cm³/mol. The molecule has 2 amide bonds. The van der Waals surface area contributed by atoms with E-state index in [1.165, 1.54) is 0 Å². The summed E-state index contributed by atoms with van der Waals surface area (Å²) in [6.45, 7) is 2.33. The fraction of sp³-hybridized carbons (Fsp3) is 0.350. The number of pyridine rings is 1. The zero-order valence-electron chi connectivity index (χ0n) is 18.2. The molecule has 0 aliphatic carbocycles. The minimum Gasteiger partial charge on any atom is -0.475 e. The van der Waals surface area contributed by atoms with Crippen LogP contribution in [-0.2, 0) is 25.7 Å². The van der Waals surface area contributed by atoms with Gasteiger partial charge in [0, 0.05) is 31.2 Å². The van der Waals surface area contributed by atoms with E-state index in [0.29, 0.717) is 19.6 Å². The number of aromatic nitrogens is 1. The van der Waals surface area contributed by atoms with E-state index >= 15 is 0 Å². The van der Waals surface area contributed by atoms with Crippen LogP contribution in [0.3, 0.4) is 0 Å². The number of aliphatic carboxylic acids is 2. The normalized spacial score (nSPS) is 13.9. The Kier molecular flexibility index (Phi) is 11.0. The van der Waals surface area contributed by atoms with Gasteiger partial charge in [0.25, 0.3) is 0 Å². The Morgan fingerprint density at radius 1 is 1.03 bits per heavy atom. The molecule has 2 aromatic rings. The van der Waals surface area contributed by atoms with Crippen LogP contribution in [0, 0.1) is 0 Å². The SMILES string of the molecule is O=C(O)C(F)(F)F.O=C(O)C(F)(F)F.O=C1CN(CC(=O)NCc2ccc3ncccc3c2)CCN1. The van der Waals surface area contributed by atoms with E-state index in [-0.39, 0.29) is 24.9 Å². The Hall–Kier alpha value is -3.95. The molecule has 10 nitrogen and oxygen atoms in total. The van der Waals surface area contributed by atoms with Crippen molar-refractivity contribution in [2.75, 3.05) is 26.2 Å². The van der Waals surface area contributed by atoms with E-state index in [9.17, 15) is 35.9 Å². The Morgan fingerprint density at radius 3 is 2.14 bits per heavy atom. The van der Waals surface area contributed by atoms with Crippen molar-refractivity contribution in [2.24, 2.45) is 0 Å². The summed E-state index contributed by atoms with van der Waals surface area (Å²) in [6, 6.07) is 9.83. The molecule has 0 saturated carbocycles. The monoisotopic (exact) mass is 526 g/mol. The highest BCUT2D eigenvalue weighted by molar-refractivity contribution is 5.82. The molecule has 0 bridgehead atoms. The molecule has 1 aromatic heterocycles. The molecular weight excluding hydrogens is 506 g/mol. The number of amides is 2. The highest BCUT2D eigenvalue weighted by atomic mass is 19.4. The quantitative estimate of drug-likeness (QED) is 0.439. The lowest BCUT2D eigenvalue weighted by Crippen LogP contribution is -2.50. The second-order valence-electron chi connectivity index (χ2n) is 6.97. The first-order valence-electron chi connectivity index (χ1n) is 9.79. The van der Waals surface area contributed by atoms with Crippen molar-refractivity contribution >= 4 is 34.7 Å². The maximum atomic E-state index is 12.0. The number of rotatable bonds is 4. The second-order valence-corrected chi connectivity index (χ2v) is 6.97. The van der Waals surface area contributed by atoms with Gasteiger partial charge in [-0.25, -0.2) is 9.59 Å². The Morgan fingerprint density at radius 2 is 1.61 bits per heavy atom. The molecule has 16 heteroatoms. The summed E-state index contributed by atoms with van der Waals surface area (Å²) in [5.41, 5.74) is 1.97. The standard InChI is InChI=1S/C16H18N4O2.2C2HF3O2/c21-15-10-20(7-6-18-15)11-16(22)19-9-12-3-4-14-13(8-12)2-1-5-17-14;2*3-2(4,5)1(6)7/h1-5,8H,6-7,9-11H2,(H,18,21)(H,19,22);2*(H,6,7). The number of hydrogen-bond acceptors (Lipinski definition) is 6. The molecule has 3 rings (SSSR count). The van der Waals surface area contributed by atoms with Gasteiger partial charge < -0.3 is 20.8 Å². The summed E-state index contributed by atoms with van der Waals surface area (Å²) in [5, 5.41) is 20.9. The largest absolute Gasteiger partial charge is 0.490 e. The van der Waals surface area contributed by atoms with Crippen LogP contribution in [0.25, 0.3) is 10.9 Å². The van der Waals surface area contributed by atoms with Gasteiger partial charge in [-0.05, 0) is 23.8 Å². The maximum Gasteiger partial charge on any atom is 0.490 e. The molecule has 0 radical (unpaired) electrons. The number of piperazine rings is 1. The number of carbonyl (C=O) groups is 4. The molecule has 1 fully saturated rings. The van der Waals surface area contributed by atoms with Gasteiger partial charge in [-0.2, -0.15) is 26.3 Å². The first-order valence-corrected chi connectivity index (χ1v) is 9.79. The second kappa shape index (κ2) is 13.2. The number of carboxylic acid groups (broad SMARTS) is 2. The molecule has 2 heterocycles. The third-order valence-corrected chi connectivity index (χ3v) is 4.13. The van der Waals surface area contributed by atoms with Crippen molar-refractivity contribution in [3.63, 3.8) is 0 Å². The van der Waals surface area contributed by atoms with Gasteiger partial charge in [0.05, 0.1) is 18.6 Å². The number of hydrogen-bond donors (Lipinski definition) is 4. The molecule has 1 aliphatic rings. The number of fused-ring (bicyclic) bond motifs is 1. The van der Waals surface area contributed by atoms with Crippen LogP contribution in [0.15, 0.2) is 36.5 Å². The van der Waals surface area contributed by atoms with Gasteiger partial charge in [-0.1, -0.05) is 12.1 Å². The third-order valence-electron chi connectivity index (χ3n) is 4.13. The predicted octanol–water partition coefficient (Wildman–Crippen LogP) is 1.55. The summed E-state index contributed by atoms with van der Waals surface area (Å²) < 4.78 is 63.5. The molecule has 0 unspecified atom stereocenters. The van der Waals surface area contributed by atoms with Crippen LogP contribution in [0.5, 0.6) is 0 Å². The Balaban J connectivity index is 0.000000383. The highest BCUT2D eigenvalue weighted by Gasteiger charge is 2.38. The van der Waals surface area contributed by atoms with Crippen molar-refractivity contribution in [3.8, 4) is 0 Å². The van der Waals surface area contributed by atoms with Crippen molar-refractivity contribution in [1.29, 1.82) is 0 Å². The molecule has 198 valence electrons. The third kappa shape index (κ3) is 11.5. The molecule has 0 atom stereocenters. The lowest BCUT2D eigenvalue weighted by atomic mass is 10.1. The maximum absolute atomic E-state index is 12.0. The molecular formula is C20H20F6N4O6. The summed E-state index contributed by atoms with van der Waals surface area (Å²) in [5.74, 6) is -5.61. The average molecular weight is 526 g/mol. The minimum atomic E-state index is -5.08. The summed E-state index contributed by atoms with van der Waals surface area (Å²) in [4.78, 5) is 47.1. The van der Waals surface area contributed by atoms with Gasteiger partial charge in [0.2, 0.25) is 11.8 Å². The summed E-state index contributed by atoms with van der Waals surface area (Å²) in [6.07, 6.45) is -8.40. The summed E-state index contributed by atoms with van der Waals surface area (Å²) in [7, 11) is 0. The van der Waals surface area contributed by atoms with Gasteiger partial charge >= 0.3 is 24.3 Å². The van der Waals surface area contributed by atoms with Crippen LogP contribution < -0.4 is 10.6 Å². The fourth-order valence-corrected chi connectivity index (χ4v) is 2.52. The lowest BCUT2D eigenvalue weighted by Gasteiger charge is -2.25. The first kappa shape index (κ1) is 30.1. The highest BCUT2D eigenvalue weighted by Crippen LogP contribution is 2.14.